The van der Waals surface area contributed by atoms with Crippen LogP contribution in [0.15, 0.2) is 59.6 Å². The Labute approximate surface area is 129 Å². The number of aliphatic imine (C=N–C) groups is 1. The molecule has 1 fully saturated rings. The third kappa shape index (κ3) is 2.26. The minimum atomic E-state index is -0.339. The van der Waals surface area contributed by atoms with Crippen LogP contribution in [0, 0.1) is 0 Å². The smallest absolute Gasteiger partial charge is 0.235 e. The zero-order chi connectivity index (χ0) is 14.9. The van der Waals surface area contributed by atoms with Crippen molar-refractivity contribution >= 4 is 17.5 Å². The van der Waals surface area contributed by atoms with Gasteiger partial charge in [-0.2, -0.15) is 0 Å². The number of para-hydroxylation sites is 1. The van der Waals surface area contributed by atoms with E-state index in [0.717, 1.165) is 17.7 Å². The van der Waals surface area contributed by atoms with Gasteiger partial charge in [0.1, 0.15) is 6.42 Å². The molecule has 4 heteroatoms. The monoisotopic (exact) mass is 292 g/mol. The van der Waals surface area contributed by atoms with E-state index in [1.54, 1.807) is 0 Å². The first-order chi connectivity index (χ1) is 10.8. The van der Waals surface area contributed by atoms with Crippen LogP contribution in [0.25, 0.3) is 0 Å². The highest BCUT2D eigenvalue weighted by molar-refractivity contribution is 6.00. The Morgan fingerprint density at radius 1 is 1.05 bits per heavy atom. The van der Waals surface area contributed by atoms with Crippen LogP contribution in [-0.2, 0) is 16.0 Å². The van der Waals surface area contributed by atoms with E-state index < -0.39 is 0 Å². The molecule has 1 saturated heterocycles. The molecule has 0 aliphatic carbocycles. The second kappa shape index (κ2) is 5.30. The van der Waals surface area contributed by atoms with E-state index in [1.165, 1.54) is 5.56 Å². The molecule has 2 aromatic carbocycles. The Balaban J connectivity index is 1.69. The normalized spacial score (nSPS) is 22.0. The van der Waals surface area contributed by atoms with Gasteiger partial charge in [-0.25, -0.2) is 4.99 Å². The lowest BCUT2D eigenvalue weighted by Gasteiger charge is -2.40. The van der Waals surface area contributed by atoms with E-state index in [2.05, 4.69) is 11.1 Å². The number of carbonyl (C=O) groups excluding carboxylic acids is 1. The lowest BCUT2D eigenvalue weighted by atomic mass is 9.97. The van der Waals surface area contributed by atoms with Crippen LogP contribution in [0.4, 0.5) is 5.69 Å². The number of ether oxygens (including phenoxy) is 1. The Morgan fingerprint density at radius 2 is 1.82 bits per heavy atom. The van der Waals surface area contributed by atoms with Gasteiger partial charge in [0, 0.05) is 12.1 Å². The van der Waals surface area contributed by atoms with Crippen molar-refractivity contribution in [2.75, 3.05) is 6.54 Å². The molecular weight excluding hydrogens is 276 g/mol. The number of fused-ring (bicyclic) bond motifs is 3. The summed E-state index contributed by atoms with van der Waals surface area (Å²) in [5.74, 6) is 0.578. The Bertz CT molecular complexity index is 740. The van der Waals surface area contributed by atoms with Crippen molar-refractivity contribution in [1.29, 1.82) is 0 Å². The van der Waals surface area contributed by atoms with Crippen LogP contribution in [0.5, 0.6) is 0 Å². The zero-order valence-electron chi connectivity index (χ0n) is 12.1. The zero-order valence-corrected chi connectivity index (χ0v) is 12.1. The fourth-order valence-electron chi connectivity index (χ4n) is 3.03. The van der Waals surface area contributed by atoms with Crippen LogP contribution >= 0.6 is 0 Å². The molecule has 0 radical (unpaired) electrons. The van der Waals surface area contributed by atoms with Gasteiger partial charge in [-0.15, -0.1) is 0 Å². The molecule has 2 aromatic rings. The molecule has 0 saturated carbocycles. The molecule has 1 atom stereocenters. The molecule has 110 valence electrons. The van der Waals surface area contributed by atoms with Gasteiger partial charge in [-0.05, 0) is 24.1 Å². The summed E-state index contributed by atoms with van der Waals surface area (Å²) >= 11 is 0. The van der Waals surface area contributed by atoms with Crippen molar-refractivity contribution in [3.05, 3.63) is 65.7 Å². The molecule has 0 bridgehead atoms. The standard InChI is InChI=1S/C18H16N2O2/c21-17-12-16(19-14-7-2-1-3-8-14)22-18-15-9-5-4-6-13(15)10-11-20(17)18/h1-9,18H,10-12H2. The maximum atomic E-state index is 12.4. The van der Waals surface area contributed by atoms with Crippen molar-refractivity contribution in [3.8, 4) is 0 Å². The minimum Gasteiger partial charge on any atom is -0.452 e. The van der Waals surface area contributed by atoms with Gasteiger partial charge in [0.2, 0.25) is 18.0 Å². The molecular formula is C18H16N2O2. The molecule has 0 N–H and O–H groups in total. The van der Waals surface area contributed by atoms with Crippen LogP contribution in [-0.4, -0.2) is 23.2 Å². The van der Waals surface area contributed by atoms with Gasteiger partial charge in [0.25, 0.3) is 0 Å². The van der Waals surface area contributed by atoms with Crippen molar-refractivity contribution in [3.63, 3.8) is 0 Å². The SMILES string of the molecule is O=C1CC(=Nc2ccccc2)OC2c3ccccc3CCN12. The highest BCUT2D eigenvalue weighted by Crippen LogP contribution is 2.34. The van der Waals surface area contributed by atoms with Gasteiger partial charge in [-0.1, -0.05) is 42.5 Å². The number of rotatable bonds is 1. The van der Waals surface area contributed by atoms with Crippen LogP contribution in [0.2, 0.25) is 0 Å². The van der Waals surface area contributed by atoms with E-state index >= 15 is 0 Å². The summed E-state index contributed by atoms with van der Waals surface area (Å²) in [5.41, 5.74) is 3.13. The van der Waals surface area contributed by atoms with Crippen molar-refractivity contribution < 1.29 is 9.53 Å². The van der Waals surface area contributed by atoms with Gasteiger partial charge >= 0.3 is 0 Å². The third-order valence-electron chi connectivity index (χ3n) is 4.11. The molecule has 1 unspecified atom stereocenters. The quantitative estimate of drug-likeness (QED) is 0.810. The highest BCUT2D eigenvalue weighted by Gasteiger charge is 2.37. The fraction of sp³-hybridized carbons (Fsp3) is 0.222. The second-order valence-electron chi connectivity index (χ2n) is 5.52. The summed E-state index contributed by atoms with van der Waals surface area (Å²) in [6.07, 6.45) is 0.772. The molecule has 2 aliphatic heterocycles. The summed E-state index contributed by atoms with van der Waals surface area (Å²) in [4.78, 5) is 18.7. The van der Waals surface area contributed by atoms with Crippen LogP contribution < -0.4 is 0 Å². The van der Waals surface area contributed by atoms with Gasteiger partial charge in [0.15, 0.2) is 0 Å². The molecule has 4 nitrogen and oxygen atoms in total. The number of carbonyl (C=O) groups is 1. The van der Waals surface area contributed by atoms with E-state index in [1.807, 2.05) is 53.4 Å². The first kappa shape index (κ1) is 13.1. The summed E-state index contributed by atoms with van der Waals surface area (Å²) in [7, 11) is 0. The van der Waals surface area contributed by atoms with Crippen LogP contribution in [0.1, 0.15) is 23.8 Å². The Hall–Kier alpha value is -2.62. The topological polar surface area (TPSA) is 41.9 Å². The molecule has 1 amide bonds. The second-order valence-corrected chi connectivity index (χ2v) is 5.52. The predicted octanol–water partition coefficient (Wildman–Crippen LogP) is 3.22. The number of hydrogen-bond acceptors (Lipinski definition) is 3. The number of hydrogen-bond donors (Lipinski definition) is 0. The van der Waals surface area contributed by atoms with Gasteiger partial charge < -0.3 is 9.64 Å². The van der Waals surface area contributed by atoms with E-state index in [9.17, 15) is 4.79 Å². The maximum Gasteiger partial charge on any atom is 0.235 e. The molecule has 2 aliphatic rings. The average Bonchev–Trinajstić information content (AvgIpc) is 2.56. The molecule has 0 aromatic heterocycles. The van der Waals surface area contributed by atoms with E-state index in [-0.39, 0.29) is 18.6 Å². The van der Waals surface area contributed by atoms with Crippen molar-refractivity contribution in [1.82, 2.24) is 4.90 Å². The number of benzene rings is 2. The molecule has 2 heterocycles. The van der Waals surface area contributed by atoms with E-state index in [4.69, 9.17) is 4.74 Å². The summed E-state index contributed by atoms with van der Waals surface area (Å²) in [6.45, 7) is 0.707. The largest absolute Gasteiger partial charge is 0.452 e. The number of amides is 1. The highest BCUT2D eigenvalue weighted by atomic mass is 16.5. The Kier molecular flexibility index (Phi) is 3.15. The Morgan fingerprint density at radius 3 is 2.68 bits per heavy atom. The first-order valence-electron chi connectivity index (χ1n) is 7.48. The molecule has 0 spiro atoms. The van der Waals surface area contributed by atoms with E-state index in [0.29, 0.717) is 12.4 Å². The third-order valence-corrected chi connectivity index (χ3v) is 4.11. The predicted molar refractivity (Wildman–Crippen MR) is 83.8 cm³/mol. The van der Waals surface area contributed by atoms with Gasteiger partial charge in [-0.3, -0.25) is 4.79 Å². The molecule has 22 heavy (non-hydrogen) atoms. The van der Waals surface area contributed by atoms with Crippen LogP contribution in [0.3, 0.4) is 0 Å². The minimum absolute atomic E-state index is 0.0837. The van der Waals surface area contributed by atoms with Gasteiger partial charge in [0.05, 0.1) is 5.69 Å². The summed E-state index contributed by atoms with van der Waals surface area (Å²) in [6, 6.07) is 17.7. The average molecular weight is 292 g/mol. The lowest BCUT2D eigenvalue weighted by molar-refractivity contribution is -0.145. The maximum absolute atomic E-state index is 12.4. The number of nitrogens with zero attached hydrogens (tertiary/aromatic N) is 2. The fourth-order valence-corrected chi connectivity index (χ4v) is 3.03. The van der Waals surface area contributed by atoms with Crippen molar-refractivity contribution in [2.24, 2.45) is 4.99 Å². The molecule has 4 rings (SSSR count). The first-order valence-corrected chi connectivity index (χ1v) is 7.48. The lowest BCUT2D eigenvalue weighted by Crippen LogP contribution is -2.46. The summed E-state index contributed by atoms with van der Waals surface area (Å²) in [5, 5.41) is 0. The summed E-state index contributed by atoms with van der Waals surface area (Å²) < 4.78 is 6.05. The van der Waals surface area contributed by atoms with Crippen molar-refractivity contribution in [2.45, 2.75) is 19.1 Å².